The van der Waals surface area contributed by atoms with Crippen molar-refractivity contribution in [2.45, 2.75) is 32.8 Å². The van der Waals surface area contributed by atoms with Gasteiger partial charge in [-0.25, -0.2) is 0 Å². The highest BCUT2D eigenvalue weighted by Crippen LogP contribution is 2.50. The standard InChI is InChI=1S/C35H30O/c1-35(2,3)36-28-19-12-18-26(21-28)30-23-31-29-20-11-10-17-27(29)22-32(31)34(25-15-8-5-9-16-25)33(30)24-13-6-4-7-14-24/h4-21,23H,22H2,1-3H3. The molecule has 5 aromatic rings. The van der Waals surface area contributed by atoms with Gasteiger partial charge in [0.25, 0.3) is 0 Å². The third-order valence-corrected chi connectivity index (χ3v) is 6.80. The zero-order valence-corrected chi connectivity index (χ0v) is 21.1. The van der Waals surface area contributed by atoms with Crippen LogP contribution in [-0.4, -0.2) is 5.60 Å². The second-order valence-corrected chi connectivity index (χ2v) is 10.5. The van der Waals surface area contributed by atoms with E-state index in [9.17, 15) is 0 Å². The summed E-state index contributed by atoms with van der Waals surface area (Å²) < 4.78 is 6.27. The molecule has 0 heterocycles. The lowest BCUT2D eigenvalue weighted by molar-refractivity contribution is 0.131. The Labute approximate surface area is 214 Å². The second-order valence-electron chi connectivity index (χ2n) is 10.5. The molecular weight excluding hydrogens is 436 g/mol. The van der Waals surface area contributed by atoms with Gasteiger partial charge >= 0.3 is 0 Å². The van der Waals surface area contributed by atoms with Crippen LogP contribution in [0.5, 0.6) is 5.75 Å². The molecule has 0 fully saturated rings. The van der Waals surface area contributed by atoms with E-state index >= 15 is 0 Å². The Morgan fingerprint density at radius 2 is 1.14 bits per heavy atom. The third-order valence-electron chi connectivity index (χ3n) is 6.80. The van der Waals surface area contributed by atoms with Gasteiger partial charge in [-0.1, -0.05) is 97.1 Å². The first-order valence-electron chi connectivity index (χ1n) is 12.7. The van der Waals surface area contributed by atoms with Gasteiger partial charge in [0.15, 0.2) is 0 Å². The third kappa shape index (κ3) is 4.12. The van der Waals surface area contributed by atoms with E-state index < -0.39 is 0 Å². The molecule has 0 bridgehead atoms. The minimum Gasteiger partial charge on any atom is -0.488 e. The summed E-state index contributed by atoms with van der Waals surface area (Å²) >= 11 is 0. The molecule has 1 heteroatoms. The summed E-state index contributed by atoms with van der Waals surface area (Å²) in [6.07, 6.45) is 0.947. The molecule has 0 unspecified atom stereocenters. The normalized spacial score (nSPS) is 12.2. The molecule has 5 aromatic carbocycles. The predicted molar refractivity (Wildman–Crippen MR) is 151 cm³/mol. The molecule has 0 amide bonds. The summed E-state index contributed by atoms with van der Waals surface area (Å²) in [5, 5.41) is 0. The summed E-state index contributed by atoms with van der Waals surface area (Å²) in [6, 6.07) is 41.5. The van der Waals surface area contributed by atoms with Crippen LogP contribution in [0.3, 0.4) is 0 Å². The van der Waals surface area contributed by atoms with E-state index in [1.807, 2.05) is 0 Å². The topological polar surface area (TPSA) is 9.23 Å². The molecule has 0 spiro atoms. The van der Waals surface area contributed by atoms with Crippen molar-refractivity contribution in [1.29, 1.82) is 0 Å². The Hall–Kier alpha value is -4.10. The zero-order chi connectivity index (χ0) is 24.7. The van der Waals surface area contributed by atoms with Crippen LogP contribution in [0.4, 0.5) is 0 Å². The molecule has 1 aliphatic carbocycles. The number of fused-ring (bicyclic) bond motifs is 3. The first-order chi connectivity index (χ1) is 17.5. The van der Waals surface area contributed by atoms with Crippen molar-refractivity contribution in [1.82, 2.24) is 0 Å². The Morgan fingerprint density at radius 3 is 1.83 bits per heavy atom. The molecule has 0 saturated heterocycles. The number of hydrogen-bond acceptors (Lipinski definition) is 1. The fourth-order valence-electron chi connectivity index (χ4n) is 5.41. The minimum absolute atomic E-state index is 0.257. The van der Waals surface area contributed by atoms with Gasteiger partial charge in [-0.15, -0.1) is 0 Å². The van der Waals surface area contributed by atoms with Crippen molar-refractivity contribution < 1.29 is 4.74 Å². The molecule has 0 saturated carbocycles. The van der Waals surface area contributed by atoms with Crippen LogP contribution in [0.2, 0.25) is 0 Å². The van der Waals surface area contributed by atoms with Gasteiger partial charge < -0.3 is 4.74 Å². The van der Waals surface area contributed by atoms with E-state index in [1.54, 1.807) is 0 Å². The van der Waals surface area contributed by atoms with Crippen molar-refractivity contribution in [3.05, 3.63) is 126 Å². The number of rotatable bonds is 4. The van der Waals surface area contributed by atoms with E-state index in [1.165, 1.54) is 55.6 Å². The highest BCUT2D eigenvalue weighted by Gasteiger charge is 2.27. The molecule has 1 nitrogen and oxygen atoms in total. The van der Waals surface area contributed by atoms with E-state index in [2.05, 4.69) is 136 Å². The molecule has 1 aliphatic rings. The largest absolute Gasteiger partial charge is 0.488 e. The molecule has 0 atom stereocenters. The van der Waals surface area contributed by atoms with Crippen LogP contribution in [0, 0.1) is 0 Å². The lowest BCUT2D eigenvalue weighted by Gasteiger charge is -2.23. The summed E-state index contributed by atoms with van der Waals surface area (Å²) in [5.74, 6) is 0.890. The van der Waals surface area contributed by atoms with Crippen LogP contribution in [0.15, 0.2) is 115 Å². The summed E-state index contributed by atoms with van der Waals surface area (Å²) in [4.78, 5) is 0. The van der Waals surface area contributed by atoms with Crippen molar-refractivity contribution >= 4 is 0 Å². The maximum Gasteiger partial charge on any atom is 0.120 e. The van der Waals surface area contributed by atoms with Gasteiger partial charge in [-0.2, -0.15) is 0 Å². The van der Waals surface area contributed by atoms with Crippen LogP contribution < -0.4 is 4.74 Å². The molecule has 0 aliphatic heterocycles. The highest BCUT2D eigenvalue weighted by molar-refractivity contribution is 6.01. The maximum absolute atomic E-state index is 6.27. The highest BCUT2D eigenvalue weighted by atomic mass is 16.5. The van der Waals surface area contributed by atoms with Crippen LogP contribution in [0.25, 0.3) is 44.5 Å². The average Bonchev–Trinajstić information content (AvgIpc) is 3.26. The van der Waals surface area contributed by atoms with Crippen molar-refractivity contribution in [3.8, 4) is 50.3 Å². The molecule has 6 rings (SSSR count). The number of hydrogen-bond donors (Lipinski definition) is 0. The molecule has 176 valence electrons. The fourth-order valence-corrected chi connectivity index (χ4v) is 5.41. The smallest absolute Gasteiger partial charge is 0.120 e. The monoisotopic (exact) mass is 466 g/mol. The SMILES string of the molecule is CC(C)(C)Oc1cccc(-c2cc3c(c(-c4ccccc4)c2-c2ccccc2)Cc2ccccc2-3)c1. The fraction of sp³-hybridized carbons (Fsp3) is 0.143. The molecule has 0 radical (unpaired) electrons. The Balaban J connectivity index is 1.69. The Kier molecular flexibility index (Phi) is 5.49. The number of benzene rings is 5. The van der Waals surface area contributed by atoms with Gasteiger partial charge in [0.1, 0.15) is 11.4 Å². The maximum atomic E-state index is 6.27. The molecule has 36 heavy (non-hydrogen) atoms. The van der Waals surface area contributed by atoms with Crippen LogP contribution in [0.1, 0.15) is 31.9 Å². The van der Waals surface area contributed by atoms with Gasteiger partial charge in [0.05, 0.1) is 0 Å². The first kappa shape index (κ1) is 22.4. The lowest BCUT2D eigenvalue weighted by atomic mass is 9.82. The van der Waals surface area contributed by atoms with Gasteiger partial charge in [-0.05, 0) is 101 Å². The van der Waals surface area contributed by atoms with E-state index in [-0.39, 0.29) is 5.60 Å². The predicted octanol–water partition coefficient (Wildman–Crippen LogP) is 9.44. The van der Waals surface area contributed by atoms with Crippen LogP contribution >= 0.6 is 0 Å². The Morgan fingerprint density at radius 1 is 0.528 bits per heavy atom. The number of ether oxygens (including phenoxy) is 1. The lowest BCUT2D eigenvalue weighted by Crippen LogP contribution is -2.22. The second kappa shape index (κ2) is 8.84. The van der Waals surface area contributed by atoms with E-state index in [0.717, 1.165) is 12.2 Å². The Bertz CT molecular complexity index is 1540. The first-order valence-corrected chi connectivity index (χ1v) is 12.7. The van der Waals surface area contributed by atoms with Gasteiger partial charge in [0.2, 0.25) is 0 Å². The van der Waals surface area contributed by atoms with Crippen LogP contribution in [-0.2, 0) is 6.42 Å². The summed E-state index contributed by atoms with van der Waals surface area (Å²) in [6.45, 7) is 6.28. The summed E-state index contributed by atoms with van der Waals surface area (Å²) in [5.41, 5.74) is 12.7. The van der Waals surface area contributed by atoms with Crippen molar-refractivity contribution in [2.75, 3.05) is 0 Å². The van der Waals surface area contributed by atoms with E-state index in [0.29, 0.717) is 0 Å². The van der Waals surface area contributed by atoms with Crippen molar-refractivity contribution in [2.24, 2.45) is 0 Å². The molecule has 0 aromatic heterocycles. The van der Waals surface area contributed by atoms with Gasteiger partial charge in [-0.3, -0.25) is 0 Å². The molecule has 0 N–H and O–H groups in total. The minimum atomic E-state index is -0.257. The summed E-state index contributed by atoms with van der Waals surface area (Å²) in [7, 11) is 0. The van der Waals surface area contributed by atoms with Crippen molar-refractivity contribution in [3.63, 3.8) is 0 Å². The average molecular weight is 467 g/mol. The van der Waals surface area contributed by atoms with Gasteiger partial charge in [0, 0.05) is 0 Å². The zero-order valence-electron chi connectivity index (χ0n) is 21.1. The quantitative estimate of drug-likeness (QED) is 0.251. The molecular formula is C35H30O. The van der Waals surface area contributed by atoms with E-state index in [4.69, 9.17) is 4.74 Å².